The molecular formula is C19H19IN4OS. The Morgan fingerprint density at radius 3 is 2.69 bits per heavy atom. The third-order valence-corrected chi connectivity index (χ3v) is 5.39. The topological polar surface area (TPSA) is 59.8 Å². The molecule has 3 aromatic rings. The molecule has 3 rings (SSSR count). The van der Waals surface area contributed by atoms with Crippen LogP contribution in [0.15, 0.2) is 59.8 Å². The Morgan fingerprint density at radius 2 is 1.96 bits per heavy atom. The summed E-state index contributed by atoms with van der Waals surface area (Å²) in [5, 5.41) is 12.3. The van der Waals surface area contributed by atoms with Crippen molar-refractivity contribution in [2.75, 3.05) is 11.1 Å². The lowest BCUT2D eigenvalue weighted by Crippen LogP contribution is -2.14. The monoisotopic (exact) mass is 478 g/mol. The molecule has 0 radical (unpaired) electrons. The molecule has 26 heavy (non-hydrogen) atoms. The molecule has 2 aromatic carbocycles. The van der Waals surface area contributed by atoms with Crippen LogP contribution in [0.2, 0.25) is 0 Å². The Balaban J connectivity index is 1.62. The molecule has 1 heterocycles. The van der Waals surface area contributed by atoms with Gasteiger partial charge in [0.05, 0.1) is 5.75 Å². The van der Waals surface area contributed by atoms with Crippen LogP contribution in [0, 0.1) is 3.57 Å². The quantitative estimate of drug-likeness (QED) is 0.408. The number of nitrogens with one attached hydrogen (secondary N) is 1. The number of hydrogen-bond acceptors (Lipinski definition) is 4. The number of thioether (sulfide) groups is 1. The second-order valence-electron chi connectivity index (χ2n) is 5.65. The fourth-order valence-corrected chi connectivity index (χ4v) is 3.91. The summed E-state index contributed by atoms with van der Waals surface area (Å²) in [5.41, 5.74) is 2.01. The number of hydrogen-bond donors (Lipinski definition) is 1. The largest absolute Gasteiger partial charge is 0.325 e. The van der Waals surface area contributed by atoms with Gasteiger partial charge in [-0.2, -0.15) is 0 Å². The van der Waals surface area contributed by atoms with Crippen LogP contribution in [0.5, 0.6) is 0 Å². The first-order valence-electron chi connectivity index (χ1n) is 8.30. The molecule has 0 aliphatic carbocycles. The average molecular weight is 478 g/mol. The molecule has 134 valence electrons. The van der Waals surface area contributed by atoms with Crippen molar-refractivity contribution in [3.63, 3.8) is 0 Å². The summed E-state index contributed by atoms with van der Waals surface area (Å²) in [5.74, 6) is 1.17. The number of carbonyl (C=O) groups is 1. The maximum absolute atomic E-state index is 12.2. The molecule has 0 saturated carbocycles. The van der Waals surface area contributed by atoms with Gasteiger partial charge in [0.15, 0.2) is 5.16 Å². The van der Waals surface area contributed by atoms with E-state index >= 15 is 0 Å². The minimum absolute atomic E-state index is 0.0488. The lowest BCUT2D eigenvalue weighted by atomic mass is 10.1. The summed E-state index contributed by atoms with van der Waals surface area (Å²) < 4.78 is 3.15. The van der Waals surface area contributed by atoms with E-state index in [-0.39, 0.29) is 5.91 Å². The number of benzene rings is 2. The third-order valence-electron chi connectivity index (χ3n) is 3.76. The number of rotatable bonds is 7. The lowest BCUT2D eigenvalue weighted by Gasteiger charge is -2.08. The predicted octanol–water partition coefficient (Wildman–Crippen LogP) is 4.22. The fourth-order valence-electron chi connectivity index (χ4n) is 2.55. The third kappa shape index (κ3) is 5.07. The second-order valence-corrected chi connectivity index (χ2v) is 7.84. The molecule has 1 amide bonds. The van der Waals surface area contributed by atoms with Gasteiger partial charge in [-0.25, -0.2) is 0 Å². The smallest absolute Gasteiger partial charge is 0.234 e. The average Bonchev–Trinajstić information content (AvgIpc) is 3.02. The minimum atomic E-state index is -0.0488. The van der Waals surface area contributed by atoms with E-state index in [1.54, 1.807) is 0 Å². The van der Waals surface area contributed by atoms with E-state index in [1.807, 2.05) is 42.5 Å². The van der Waals surface area contributed by atoms with Crippen LogP contribution in [-0.2, 0) is 17.8 Å². The molecule has 0 bridgehead atoms. The molecule has 1 aromatic heterocycles. The zero-order valence-corrected chi connectivity index (χ0v) is 17.3. The molecule has 0 spiro atoms. The summed E-state index contributed by atoms with van der Waals surface area (Å²) >= 11 is 3.64. The fraction of sp³-hybridized carbons (Fsp3) is 0.211. The molecule has 5 nitrogen and oxygen atoms in total. The summed E-state index contributed by atoms with van der Waals surface area (Å²) in [6.45, 7) is 2.84. The number of nitrogens with zero attached hydrogens (tertiary/aromatic N) is 3. The van der Waals surface area contributed by atoms with Gasteiger partial charge < -0.3 is 9.88 Å². The van der Waals surface area contributed by atoms with E-state index < -0.39 is 0 Å². The summed E-state index contributed by atoms with van der Waals surface area (Å²) in [6, 6.07) is 17.9. The second kappa shape index (κ2) is 9.18. The van der Waals surface area contributed by atoms with Gasteiger partial charge in [0, 0.05) is 22.2 Å². The number of aromatic nitrogens is 3. The maximum atomic E-state index is 12.2. The van der Waals surface area contributed by atoms with Gasteiger partial charge in [-0.15, -0.1) is 10.2 Å². The first-order valence-corrected chi connectivity index (χ1v) is 10.4. The van der Waals surface area contributed by atoms with E-state index in [0.29, 0.717) is 5.75 Å². The lowest BCUT2D eigenvalue weighted by molar-refractivity contribution is -0.113. The van der Waals surface area contributed by atoms with E-state index in [0.717, 1.165) is 33.2 Å². The van der Waals surface area contributed by atoms with Gasteiger partial charge in [0.2, 0.25) is 5.91 Å². The van der Waals surface area contributed by atoms with Crippen LogP contribution in [0.1, 0.15) is 18.3 Å². The molecule has 0 saturated heterocycles. The zero-order valence-electron chi connectivity index (χ0n) is 14.4. The van der Waals surface area contributed by atoms with Crippen molar-refractivity contribution >= 4 is 45.9 Å². The minimum Gasteiger partial charge on any atom is -0.325 e. The van der Waals surface area contributed by atoms with E-state index in [4.69, 9.17) is 0 Å². The highest BCUT2D eigenvalue weighted by atomic mass is 127. The van der Waals surface area contributed by atoms with Crippen molar-refractivity contribution in [3.8, 4) is 0 Å². The Morgan fingerprint density at radius 1 is 1.15 bits per heavy atom. The van der Waals surface area contributed by atoms with Crippen LogP contribution in [-0.4, -0.2) is 26.4 Å². The van der Waals surface area contributed by atoms with Crippen LogP contribution in [0.4, 0.5) is 5.69 Å². The van der Waals surface area contributed by atoms with Crippen molar-refractivity contribution < 1.29 is 4.79 Å². The highest BCUT2D eigenvalue weighted by Crippen LogP contribution is 2.19. The van der Waals surface area contributed by atoms with Gasteiger partial charge in [-0.05, 0) is 53.3 Å². The van der Waals surface area contributed by atoms with E-state index in [2.05, 4.69) is 61.7 Å². The Kier molecular flexibility index (Phi) is 6.67. The van der Waals surface area contributed by atoms with Crippen molar-refractivity contribution in [2.45, 2.75) is 25.0 Å². The molecule has 0 aliphatic heterocycles. The molecule has 1 N–H and O–H groups in total. The summed E-state index contributed by atoms with van der Waals surface area (Å²) in [6.07, 6.45) is 0.733. The molecular weight excluding hydrogens is 459 g/mol. The summed E-state index contributed by atoms with van der Waals surface area (Å²) in [4.78, 5) is 12.2. The van der Waals surface area contributed by atoms with E-state index in [1.165, 1.54) is 17.3 Å². The highest BCUT2D eigenvalue weighted by molar-refractivity contribution is 14.1. The Bertz CT molecular complexity index is 882. The van der Waals surface area contributed by atoms with Crippen molar-refractivity contribution in [1.29, 1.82) is 0 Å². The highest BCUT2D eigenvalue weighted by Gasteiger charge is 2.13. The number of amides is 1. The normalized spacial score (nSPS) is 10.7. The first kappa shape index (κ1) is 18.9. The van der Waals surface area contributed by atoms with Crippen LogP contribution >= 0.6 is 34.4 Å². The van der Waals surface area contributed by atoms with Gasteiger partial charge in [0.25, 0.3) is 0 Å². The standard InChI is InChI=1S/C19H19IN4OS/c1-2-24-17(11-14-7-4-3-5-8-14)22-23-19(24)26-13-18(25)21-16-10-6-9-15(20)12-16/h3-10,12H,2,11,13H2,1H3,(H,21,25). The summed E-state index contributed by atoms with van der Waals surface area (Å²) in [7, 11) is 0. The van der Waals surface area contributed by atoms with Gasteiger partial charge in [-0.1, -0.05) is 48.2 Å². The van der Waals surface area contributed by atoms with Crippen molar-refractivity contribution in [2.24, 2.45) is 0 Å². The number of halogens is 1. The predicted molar refractivity (Wildman–Crippen MR) is 113 cm³/mol. The van der Waals surface area contributed by atoms with Crippen molar-refractivity contribution in [1.82, 2.24) is 14.8 Å². The molecule has 0 aliphatic rings. The number of carbonyl (C=O) groups excluding carboxylic acids is 1. The van der Waals surface area contributed by atoms with Crippen LogP contribution < -0.4 is 5.32 Å². The molecule has 0 atom stereocenters. The zero-order chi connectivity index (χ0) is 18.4. The van der Waals surface area contributed by atoms with Gasteiger partial charge in [0.1, 0.15) is 5.82 Å². The van der Waals surface area contributed by atoms with Crippen LogP contribution in [0.3, 0.4) is 0 Å². The molecule has 0 unspecified atom stereocenters. The Labute approximate surface area is 170 Å². The Hall–Kier alpha value is -1.87. The molecule has 7 heteroatoms. The van der Waals surface area contributed by atoms with Gasteiger partial charge in [-0.3, -0.25) is 4.79 Å². The number of anilines is 1. The van der Waals surface area contributed by atoms with Crippen LogP contribution in [0.25, 0.3) is 0 Å². The van der Waals surface area contributed by atoms with Crippen molar-refractivity contribution in [3.05, 3.63) is 69.6 Å². The maximum Gasteiger partial charge on any atom is 0.234 e. The van der Waals surface area contributed by atoms with Gasteiger partial charge >= 0.3 is 0 Å². The SMILES string of the molecule is CCn1c(Cc2ccccc2)nnc1SCC(=O)Nc1cccc(I)c1. The first-order chi connectivity index (χ1) is 12.7. The molecule has 0 fully saturated rings. The van der Waals surface area contributed by atoms with E-state index in [9.17, 15) is 4.79 Å².